The van der Waals surface area contributed by atoms with Crippen molar-refractivity contribution in [3.05, 3.63) is 115 Å². The zero-order valence-corrected chi connectivity index (χ0v) is 34.1. The smallest absolute Gasteiger partial charge is 0.240 e. The summed E-state index contributed by atoms with van der Waals surface area (Å²) in [4.78, 5) is 22.3. The van der Waals surface area contributed by atoms with Crippen LogP contribution in [0.4, 0.5) is 11.4 Å². The van der Waals surface area contributed by atoms with Crippen LogP contribution in [0.5, 0.6) is 0 Å². The fraction of sp³-hybridized carbons (Fsp3) is 0.365. The van der Waals surface area contributed by atoms with Gasteiger partial charge in [0, 0.05) is 62.7 Å². The fourth-order valence-electron chi connectivity index (χ4n) is 13.5. The van der Waals surface area contributed by atoms with Crippen molar-refractivity contribution in [3.63, 3.8) is 0 Å². The van der Waals surface area contributed by atoms with Gasteiger partial charge in [0.05, 0.1) is 22.1 Å². The maximum absolute atomic E-state index is 5.56. The van der Waals surface area contributed by atoms with Crippen LogP contribution >= 0.6 is 0 Å². The van der Waals surface area contributed by atoms with Crippen LogP contribution in [0.25, 0.3) is 66.9 Å². The van der Waals surface area contributed by atoms with Crippen molar-refractivity contribution >= 4 is 55.0 Å². The molecule has 4 atom stereocenters. The van der Waals surface area contributed by atoms with E-state index >= 15 is 0 Å². The average Bonchev–Trinajstić information content (AvgIpc) is 3.76. The number of piperidine rings is 3. The third-order valence-corrected chi connectivity index (χ3v) is 15.4. The minimum atomic E-state index is 0.488. The number of rotatable bonds is 5. The molecule has 0 spiro atoms. The summed E-state index contributed by atoms with van der Waals surface area (Å²) < 4.78 is 4.52. The molecule has 6 aliphatic rings. The molecule has 59 heavy (non-hydrogen) atoms. The first kappa shape index (κ1) is 34.2. The lowest BCUT2D eigenvalue weighted by Crippen LogP contribution is -2.58. The molecule has 3 aliphatic heterocycles. The molecule has 14 rings (SSSR count). The topological polar surface area (TPSA) is 55.0 Å². The van der Waals surface area contributed by atoms with E-state index in [-0.39, 0.29) is 0 Å². The monoisotopic (exact) mass is 773 g/mol. The second-order valence-corrected chi connectivity index (χ2v) is 19.2. The Labute approximate surface area is 345 Å². The number of para-hydroxylation sites is 4. The lowest BCUT2D eigenvalue weighted by Gasteiger charge is -2.57. The fourth-order valence-corrected chi connectivity index (χ4v) is 13.5. The van der Waals surface area contributed by atoms with Gasteiger partial charge in [-0.25, -0.2) is 0 Å². The molecule has 6 fully saturated rings. The second kappa shape index (κ2) is 12.9. The normalized spacial score (nSPS) is 27.5. The van der Waals surface area contributed by atoms with Crippen molar-refractivity contribution in [1.29, 1.82) is 0 Å². The largest absolute Gasteiger partial charge is 0.366 e. The predicted molar refractivity (Wildman–Crippen MR) is 241 cm³/mol. The molecule has 6 bridgehead atoms. The van der Waals surface area contributed by atoms with Crippen LogP contribution in [-0.2, 0) is 0 Å². The van der Waals surface area contributed by atoms with Crippen LogP contribution in [0.2, 0.25) is 0 Å². The quantitative estimate of drug-likeness (QED) is 0.174. The molecule has 6 heterocycles. The SMILES string of the molecule is CC1CC2CC(C)N(c3cc(-c4nc(-n5c6ccccc6c6ccccc65)nc(-n5c6ccccc6c6ccccc65)n4)cc(N4C5CC6CC(C5)CC4C6)c3)C(C1)C2. The molecule has 3 saturated carbocycles. The molecule has 7 heteroatoms. The lowest BCUT2D eigenvalue weighted by molar-refractivity contribution is 0.0900. The first-order valence-corrected chi connectivity index (χ1v) is 22.5. The number of hydrogen-bond acceptors (Lipinski definition) is 5. The molecule has 3 aliphatic carbocycles. The summed E-state index contributed by atoms with van der Waals surface area (Å²) in [7, 11) is 0. The van der Waals surface area contributed by atoms with Crippen molar-refractivity contribution in [2.24, 2.45) is 23.7 Å². The van der Waals surface area contributed by atoms with Crippen molar-refractivity contribution in [2.45, 2.75) is 95.8 Å². The standard InChI is InChI=1S/C52H51N7/c1-31-19-33-21-32(2)56(37(20-31)23-33)40-28-36(29-41(30-40)57-38-24-34-22-35(26-38)27-39(57)25-34)50-53-51(58-46-15-7-3-11-42(46)43-12-4-8-16-47(43)58)55-52(54-50)59-48-17-9-5-13-44(48)45-14-6-10-18-49(45)59/h3-18,28-35,37-39H,19-27H2,1-2H3. The summed E-state index contributed by atoms with van der Waals surface area (Å²) in [5, 5.41) is 4.78. The molecule has 0 radical (unpaired) electrons. The molecular weight excluding hydrogens is 723 g/mol. The van der Waals surface area contributed by atoms with E-state index in [9.17, 15) is 0 Å². The van der Waals surface area contributed by atoms with Crippen molar-refractivity contribution in [2.75, 3.05) is 9.80 Å². The van der Waals surface area contributed by atoms with Gasteiger partial charge in [-0.05, 0) is 131 Å². The van der Waals surface area contributed by atoms with Gasteiger partial charge in [-0.2, -0.15) is 15.0 Å². The molecule has 0 N–H and O–H groups in total. The van der Waals surface area contributed by atoms with Gasteiger partial charge in [0.2, 0.25) is 11.9 Å². The van der Waals surface area contributed by atoms with Gasteiger partial charge >= 0.3 is 0 Å². The molecule has 294 valence electrons. The maximum atomic E-state index is 5.56. The van der Waals surface area contributed by atoms with Gasteiger partial charge in [-0.3, -0.25) is 9.13 Å². The van der Waals surface area contributed by atoms with Crippen molar-refractivity contribution < 1.29 is 0 Å². The number of nitrogens with zero attached hydrogens (tertiary/aromatic N) is 7. The van der Waals surface area contributed by atoms with Gasteiger partial charge in [-0.15, -0.1) is 0 Å². The molecule has 5 aromatic carbocycles. The highest BCUT2D eigenvalue weighted by atomic mass is 15.3. The highest BCUT2D eigenvalue weighted by Gasteiger charge is 2.47. The van der Waals surface area contributed by atoms with E-state index < -0.39 is 0 Å². The lowest BCUT2D eigenvalue weighted by atomic mass is 9.63. The van der Waals surface area contributed by atoms with Crippen LogP contribution < -0.4 is 9.80 Å². The summed E-state index contributed by atoms with van der Waals surface area (Å²) >= 11 is 0. The molecular formula is C52H51N7. The molecule has 3 saturated heterocycles. The first-order chi connectivity index (χ1) is 29.0. The Bertz CT molecular complexity index is 2690. The van der Waals surface area contributed by atoms with Gasteiger partial charge < -0.3 is 9.80 Å². The van der Waals surface area contributed by atoms with E-state index in [2.05, 4.69) is 148 Å². The Morgan fingerprint density at radius 1 is 0.424 bits per heavy atom. The van der Waals surface area contributed by atoms with Crippen LogP contribution in [0.15, 0.2) is 115 Å². The Kier molecular flexibility index (Phi) is 7.48. The minimum absolute atomic E-state index is 0.488. The Hall–Kier alpha value is -5.69. The molecule has 0 amide bonds. The maximum Gasteiger partial charge on any atom is 0.240 e. The third-order valence-electron chi connectivity index (χ3n) is 15.4. The number of benzene rings is 5. The van der Waals surface area contributed by atoms with E-state index in [1.807, 2.05) is 0 Å². The summed E-state index contributed by atoms with van der Waals surface area (Å²) in [6.07, 6.45) is 12.0. The van der Waals surface area contributed by atoms with Crippen molar-refractivity contribution in [3.8, 4) is 23.3 Å². The van der Waals surface area contributed by atoms with Crippen LogP contribution in [-0.4, -0.2) is 48.3 Å². The second-order valence-electron chi connectivity index (χ2n) is 19.2. The molecule has 3 aromatic heterocycles. The van der Waals surface area contributed by atoms with Gasteiger partial charge in [0.1, 0.15) is 0 Å². The van der Waals surface area contributed by atoms with E-state index in [0.29, 0.717) is 36.1 Å². The number of hydrogen-bond donors (Lipinski definition) is 0. The summed E-state index contributed by atoms with van der Waals surface area (Å²) in [6, 6.07) is 44.4. The Balaban J connectivity index is 1.07. The summed E-state index contributed by atoms with van der Waals surface area (Å²) in [6.45, 7) is 4.96. The number of anilines is 2. The Morgan fingerprint density at radius 3 is 1.34 bits per heavy atom. The predicted octanol–water partition coefficient (Wildman–Crippen LogP) is 11.9. The van der Waals surface area contributed by atoms with Gasteiger partial charge in [-0.1, -0.05) is 79.7 Å². The number of aromatic nitrogens is 5. The molecule has 8 aromatic rings. The van der Waals surface area contributed by atoms with Gasteiger partial charge in [0.15, 0.2) is 5.82 Å². The van der Waals surface area contributed by atoms with Gasteiger partial charge in [0.25, 0.3) is 0 Å². The summed E-state index contributed by atoms with van der Waals surface area (Å²) in [5.41, 5.74) is 8.16. The third kappa shape index (κ3) is 5.28. The first-order valence-electron chi connectivity index (χ1n) is 22.5. The van der Waals surface area contributed by atoms with E-state index in [0.717, 1.165) is 57.1 Å². The van der Waals surface area contributed by atoms with Crippen LogP contribution in [0, 0.1) is 23.7 Å². The highest BCUT2D eigenvalue weighted by Crippen LogP contribution is 2.52. The van der Waals surface area contributed by atoms with Crippen LogP contribution in [0.3, 0.4) is 0 Å². The average molecular weight is 774 g/mol. The highest BCUT2D eigenvalue weighted by molar-refractivity contribution is 6.10. The van der Waals surface area contributed by atoms with E-state index in [1.165, 1.54) is 90.7 Å². The van der Waals surface area contributed by atoms with E-state index in [4.69, 9.17) is 15.0 Å². The van der Waals surface area contributed by atoms with Crippen molar-refractivity contribution in [1.82, 2.24) is 24.1 Å². The zero-order chi connectivity index (χ0) is 38.9. The zero-order valence-electron chi connectivity index (χ0n) is 34.1. The van der Waals surface area contributed by atoms with E-state index in [1.54, 1.807) is 0 Å². The Morgan fingerprint density at radius 2 is 0.847 bits per heavy atom. The molecule has 7 nitrogen and oxygen atoms in total. The molecule has 4 unspecified atom stereocenters. The number of fused-ring (bicyclic) bond motifs is 8. The van der Waals surface area contributed by atoms with Crippen LogP contribution in [0.1, 0.15) is 71.6 Å². The minimum Gasteiger partial charge on any atom is -0.366 e. The summed E-state index contributed by atoms with van der Waals surface area (Å²) in [5.74, 6) is 5.38.